The van der Waals surface area contributed by atoms with Crippen LogP contribution in [0.4, 0.5) is 5.69 Å². The highest BCUT2D eigenvalue weighted by Gasteiger charge is 2.27. The fourth-order valence-corrected chi connectivity index (χ4v) is 3.61. The number of fused-ring (bicyclic) bond motifs is 1. The molecule has 2 amide bonds. The molecule has 1 fully saturated rings. The minimum Gasteiger partial charge on any atom is -0.494 e. The predicted octanol–water partition coefficient (Wildman–Crippen LogP) is 2.64. The van der Waals surface area contributed by atoms with E-state index in [4.69, 9.17) is 17.0 Å². The molecule has 4 rings (SSSR count). The number of nitrogens with one attached hydrogen (secondary N) is 3. The lowest BCUT2D eigenvalue weighted by atomic mass is 10.0. The molecule has 0 atom stereocenters. The Morgan fingerprint density at radius 1 is 1.36 bits per heavy atom. The van der Waals surface area contributed by atoms with Crippen LogP contribution in [0.2, 0.25) is 0 Å². The van der Waals surface area contributed by atoms with Gasteiger partial charge in [0.05, 0.1) is 13.2 Å². The van der Waals surface area contributed by atoms with Gasteiger partial charge in [0.1, 0.15) is 5.75 Å². The molecule has 2 aliphatic rings. The van der Waals surface area contributed by atoms with E-state index in [0.29, 0.717) is 43.2 Å². The van der Waals surface area contributed by atoms with Crippen molar-refractivity contribution in [3.05, 3.63) is 34.4 Å². The van der Waals surface area contributed by atoms with E-state index < -0.39 is 0 Å². The SMILES string of the molecule is O=C(CCCOc1ccc2c(c1)CCC(=O)N2)NCc1n[nH]c(=S)n1C1CC1. The first-order valence-electron chi connectivity index (χ1n) is 9.58. The van der Waals surface area contributed by atoms with Gasteiger partial charge in [-0.2, -0.15) is 5.10 Å². The number of carbonyl (C=O) groups is 2. The van der Waals surface area contributed by atoms with Gasteiger partial charge in [-0.15, -0.1) is 0 Å². The standard InChI is InChI=1S/C19H23N5O3S/c25-17(20-11-16-22-23-19(28)24(16)13-4-5-13)2-1-9-27-14-6-7-15-12(10-14)3-8-18(26)21-15/h6-7,10,13H,1-5,8-9,11H2,(H,20,25)(H,21,26)(H,23,28). The molecular weight excluding hydrogens is 378 g/mol. The van der Waals surface area contributed by atoms with Crippen LogP contribution in [0.5, 0.6) is 5.75 Å². The zero-order chi connectivity index (χ0) is 19.5. The highest BCUT2D eigenvalue weighted by atomic mass is 32.1. The Hall–Kier alpha value is -2.68. The number of benzene rings is 1. The summed E-state index contributed by atoms with van der Waals surface area (Å²) in [5.41, 5.74) is 1.94. The van der Waals surface area contributed by atoms with Crippen LogP contribution in [0.25, 0.3) is 0 Å². The van der Waals surface area contributed by atoms with Gasteiger partial charge in [0.2, 0.25) is 11.8 Å². The van der Waals surface area contributed by atoms with E-state index in [0.717, 1.165) is 42.1 Å². The summed E-state index contributed by atoms with van der Waals surface area (Å²) in [6, 6.07) is 6.08. The van der Waals surface area contributed by atoms with Crippen molar-refractivity contribution in [3.63, 3.8) is 0 Å². The number of H-pyrrole nitrogens is 1. The van der Waals surface area contributed by atoms with Crippen LogP contribution in [-0.4, -0.2) is 33.2 Å². The number of aromatic nitrogens is 3. The summed E-state index contributed by atoms with van der Waals surface area (Å²) >= 11 is 5.24. The number of anilines is 1. The molecule has 0 spiro atoms. The third kappa shape index (κ3) is 4.41. The second-order valence-corrected chi connectivity index (χ2v) is 7.53. The van der Waals surface area contributed by atoms with Crippen molar-refractivity contribution in [3.8, 4) is 5.75 Å². The van der Waals surface area contributed by atoms with E-state index in [1.54, 1.807) is 0 Å². The summed E-state index contributed by atoms with van der Waals surface area (Å²) in [7, 11) is 0. The molecule has 3 N–H and O–H groups in total. The van der Waals surface area contributed by atoms with E-state index in [1.807, 2.05) is 22.8 Å². The average molecular weight is 401 g/mol. The molecule has 2 heterocycles. The van der Waals surface area contributed by atoms with Crippen molar-refractivity contribution in [2.24, 2.45) is 0 Å². The average Bonchev–Trinajstić information content (AvgIpc) is 3.46. The monoisotopic (exact) mass is 401 g/mol. The molecule has 8 nitrogen and oxygen atoms in total. The summed E-state index contributed by atoms with van der Waals surface area (Å²) in [6.07, 6.45) is 4.45. The largest absolute Gasteiger partial charge is 0.494 e. The fraction of sp³-hybridized carbons (Fsp3) is 0.474. The zero-order valence-electron chi connectivity index (χ0n) is 15.5. The van der Waals surface area contributed by atoms with E-state index in [2.05, 4.69) is 20.8 Å². The Labute approximate surface area is 167 Å². The highest BCUT2D eigenvalue weighted by Crippen LogP contribution is 2.35. The second kappa shape index (κ2) is 8.14. The van der Waals surface area contributed by atoms with Crippen molar-refractivity contribution in [1.82, 2.24) is 20.1 Å². The van der Waals surface area contributed by atoms with Crippen LogP contribution < -0.4 is 15.4 Å². The summed E-state index contributed by atoms with van der Waals surface area (Å²) in [5.74, 6) is 1.55. The van der Waals surface area contributed by atoms with Crippen LogP contribution >= 0.6 is 12.2 Å². The summed E-state index contributed by atoms with van der Waals surface area (Å²) < 4.78 is 8.36. The Kier molecular flexibility index (Phi) is 5.43. The van der Waals surface area contributed by atoms with Crippen molar-refractivity contribution >= 4 is 29.7 Å². The van der Waals surface area contributed by atoms with Crippen LogP contribution in [0.3, 0.4) is 0 Å². The van der Waals surface area contributed by atoms with Gasteiger partial charge in [-0.25, -0.2) is 0 Å². The fourth-order valence-electron chi connectivity index (χ4n) is 3.31. The van der Waals surface area contributed by atoms with Crippen molar-refractivity contribution in [1.29, 1.82) is 0 Å². The normalized spacial score (nSPS) is 15.6. The number of hydrogen-bond acceptors (Lipinski definition) is 5. The topological polar surface area (TPSA) is 101 Å². The summed E-state index contributed by atoms with van der Waals surface area (Å²) in [5, 5.41) is 12.7. The molecular formula is C19H23N5O3S. The molecule has 1 aromatic carbocycles. The lowest BCUT2D eigenvalue weighted by molar-refractivity contribution is -0.121. The molecule has 28 heavy (non-hydrogen) atoms. The Balaban J connectivity index is 1.19. The Bertz CT molecular complexity index is 947. The van der Waals surface area contributed by atoms with Gasteiger partial charge >= 0.3 is 0 Å². The Morgan fingerprint density at radius 2 is 2.21 bits per heavy atom. The van der Waals surface area contributed by atoms with Gasteiger partial charge in [-0.05, 0) is 61.7 Å². The van der Waals surface area contributed by atoms with Crippen molar-refractivity contribution in [2.75, 3.05) is 11.9 Å². The van der Waals surface area contributed by atoms with Crippen LogP contribution in [0.1, 0.15) is 49.5 Å². The van der Waals surface area contributed by atoms with E-state index in [1.165, 1.54) is 0 Å². The molecule has 0 radical (unpaired) electrons. The van der Waals surface area contributed by atoms with E-state index in [9.17, 15) is 9.59 Å². The molecule has 1 aliphatic heterocycles. The van der Waals surface area contributed by atoms with Crippen LogP contribution in [0, 0.1) is 4.77 Å². The third-order valence-corrected chi connectivity index (χ3v) is 5.21. The lowest BCUT2D eigenvalue weighted by Gasteiger charge is -2.17. The van der Waals surface area contributed by atoms with Crippen molar-refractivity contribution < 1.29 is 14.3 Å². The first-order chi connectivity index (χ1) is 13.6. The molecule has 1 aromatic heterocycles. The molecule has 0 saturated heterocycles. The summed E-state index contributed by atoms with van der Waals surface area (Å²) in [4.78, 5) is 23.5. The maximum absolute atomic E-state index is 12.1. The molecule has 0 bridgehead atoms. The predicted molar refractivity (Wildman–Crippen MR) is 106 cm³/mol. The quantitative estimate of drug-likeness (QED) is 0.466. The smallest absolute Gasteiger partial charge is 0.224 e. The molecule has 1 aliphatic carbocycles. The minimum atomic E-state index is -0.0342. The van der Waals surface area contributed by atoms with Gasteiger partial charge in [0.25, 0.3) is 0 Å². The van der Waals surface area contributed by atoms with Crippen LogP contribution in [0.15, 0.2) is 18.2 Å². The molecule has 1 saturated carbocycles. The van der Waals surface area contributed by atoms with Gasteiger partial charge in [0.15, 0.2) is 10.6 Å². The minimum absolute atomic E-state index is 0.0342. The molecule has 0 unspecified atom stereocenters. The van der Waals surface area contributed by atoms with Crippen LogP contribution in [-0.2, 0) is 22.6 Å². The number of rotatable bonds is 8. The number of aromatic amines is 1. The van der Waals surface area contributed by atoms with Gasteiger partial charge in [-0.1, -0.05) is 0 Å². The highest BCUT2D eigenvalue weighted by molar-refractivity contribution is 7.71. The maximum atomic E-state index is 12.1. The van der Waals surface area contributed by atoms with E-state index >= 15 is 0 Å². The first-order valence-corrected chi connectivity index (χ1v) is 9.99. The number of hydrogen-bond donors (Lipinski definition) is 3. The van der Waals surface area contributed by atoms with Gasteiger partial charge in [-0.3, -0.25) is 19.3 Å². The number of nitrogens with zero attached hydrogens (tertiary/aromatic N) is 2. The first kappa shape index (κ1) is 18.7. The Morgan fingerprint density at radius 3 is 3.04 bits per heavy atom. The number of ether oxygens (including phenoxy) is 1. The molecule has 2 aromatic rings. The number of amides is 2. The zero-order valence-corrected chi connectivity index (χ0v) is 16.3. The maximum Gasteiger partial charge on any atom is 0.224 e. The van der Waals surface area contributed by atoms with Gasteiger partial charge < -0.3 is 15.4 Å². The van der Waals surface area contributed by atoms with Gasteiger partial charge in [0, 0.05) is 24.6 Å². The van der Waals surface area contributed by atoms with Crippen molar-refractivity contribution in [2.45, 2.75) is 51.1 Å². The number of aryl methyl sites for hydroxylation is 1. The van der Waals surface area contributed by atoms with E-state index in [-0.39, 0.29) is 11.8 Å². The number of carbonyl (C=O) groups excluding carboxylic acids is 2. The third-order valence-electron chi connectivity index (χ3n) is 4.92. The summed E-state index contributed by atoms with van der Waals surface area (Å²) in [6.45, 7) is 0.833. The molecule has 148 valence electrons. The lowest BCUT2D eigenvalue weighted by Crippen LogP contribution is -2.25. The molecule has 9 heteroatoms. The second-order valence-electron chi connectivity index (χ2n) is 7.14.